The molecule has 140 valence electrons. The van der Waals surface area contributed by atoms with Gasteiger partial charge in [-0.3, -0.25) is 34.6 Å². The van der Waals surface area contributed by atoms with Crippen LogP contribution in [0.25, 0.3) is 0 Å². The molecule has 1 aliphatic heterocycles. The molecule has 0 aromatic carbocycles. The first-order chi connectivity index (χ1) is 11.5. The number of aliphatic carboxylic acids is 1. The van der Waals surface area contributed by atoms with Gasteiger partial charge in [-0.25, -0.2) is 0 Å². The molecule has 4 N–H and O–H groups in total. The molecular formula is C10H15N5O9S. The zero-order valence-electron chi connectivity index (χ0n) is 12.7. The Labute approximate surface area is 142 Å². The van der Waals surface area contributed by atoms with Crippen molar-refractivity contribution in [1.82, 2.24) is 10.2 Å². The van der Waals surface area contributed by atoms with Gasteiger partial charge in [0.25, 0.3) is 5.91 Å². The van der Waals surface area contributed by atoms with Gasteiger partial charge in [0.2, 0.25) is 5.91 Å². The first kappa shape index (κ1) is 20.5. The first-order valence-corrected chi connectivity index (χ1v) is 8.15. The second kappa shape index (κ2) is 8.04. The van der Waals surface area contributed by atoms with E-state index < -0.39 is 81.7 Å². The molecule has 1 saturated heterocycles. The Hall–Kier alpha value is -2.52. The Balaban J connectivity index is 2.45. The number of hydrogen-bond acceptors (Lipinski definition) is 9. The van der Waals surface area contributed by atoms with Gasteiger partial charge in [0, 0.05) is 0 Å². The summed E-state index contributed by atoms with van der Waals surface area (Å²) in [7, 11) is 0. The van der Waals surface area contributed by atoms with Gasteiger partial charge in [-0.2, -0.15) is 0 Å². The normalized spacial score (nSPS) is 17.8. The van der Waals surface area contributed by atoms with Crippen molar-refractivity contribution in [3.63, 3.8) is 0 Å². The van der Waals surface area contributed by atoms with Crippen molar-refractivity contribution in [3.05, 3.63) is 20.2 Å². The fourth-order valence-corrected chi connectivity index (χ4v) is 3.02. The number of amides is 2. The maximum Gasteiger partial charge on any atom is 0.492 e. The van der Waals surface area contributed by atoms with E-state index in [1.807, 2.05) is 5.32 Å². The molecule has 0 aliphatic carbocycles. The topological polar surface area (TPSA) is 222 Å². The molecule has 14 nitrogen and oxygen atoms in total. The summed E-state index contributed by atoms with van der Waals surface area (Å²) in [5, 5.41) is 31.8. The quantitative estimate of drug-likeness (QED) is 0.154. The molecule has 1 heterocycles. The molecule has 0 radical (unpaired) electrons. The number of hydrogen-bond donors (Lipinski definition) is 3. The lowest BCUT2D eigenvalue weighted by molar-refractivity contribution is -0.809. The van der Waals surface area contributed by atoms with Crippen LogP contribution in [0.15, 0.2) is 0 Å². The molecule has 0 aromatic heterocycles. The van der Waals surface area contributed by atoms with Crippen LogP contribution in [0.2, 0.25) is 0 Å². The number of likely N-dealkylation sites (tertiary alicyclic amines) is 1. The smallest absolute Gasteiger partial charge is 0.492 e. The Bertz CT molecular complexity index is 577. The van der Waals surface area contributed by atoms with Crippen molar-refractivity contribution in [2.45, 2.75) is 11.7 Å². The van der Waals surface area contributed by atoms with Crippen LogP contribution in [0.5, 0.6) is 0 Å². The minimum atomic E-state index is -2.45. The van der Waals surface area contributed by atoms with Gasteiger partial charge < -0.3 is 25.6 Å². The van der Waals surface area contributed by atoms with Crippen LogP contribution < -0.4 is 11.1 Å². The number of rotatable bonds is 9. The van der Waals surface area contributed by atoms with Crippen molar-refractivity contribution in [2.24, 2.45) is 5.73 Å². The summed E-state index contributed by atoms with van der Waals surface area (Å²) in [5.41, 5.74) is 2.97. The highest BCUT2D eigenvalue weighted by Gasteiger charge is 2.67. The lowest BCUT2D eigenvalue weighted by atomic mass is 10.0. The van der Waals surface area contributed by atoms with Crippen LogP contribution in [0.1, 0.15) is 0 Å². The molecule has 0 spiro atoms. The first-order valence-electron chi connectivity index (χ1n) is 6.66. The maximum atomic E-state index is 11.8. The molecule has 2 atom stereocenters. The molecule has 15 heteroatoms. The highest BCUT2D eigenvalue weighted by molar-refractivity contribution is 7.92. The molecule has 0 bridgehead atoms. The summed E-state index contributed by atoms with van der Waals surface area (Å²) in [6, 6.07) is -1.32. The number of nitro groups is 2. The predicted molar refractivity (Wildman–Crippen MR) is 79.8 cm³/mol. The Kier molecular flexibility index (Phi) is 6.60. The van der Waals surface area contributed by atoms with Crippen molar-refractivity contribution in [2.75, 3.05) is 31.1 Å². The molecule has 0 saturated carbocycles. The van der Waals surface area contributed by atoms with Crippen molar-refractivity contribution in [3.8, 4) is 0 Å². The highest BCUT2D eigenvalue weighted by Crippen LogP contribution is 2.25. The van der Waals surface area contributed by atoms with Gasteiger partial charge >= 0.3 is 11.6 Å². The summed E-state index contributed by atoms with van der Waals surface area (Å²) >= 11 is -1.91. The number of nitrogens with two attached hydrogens (primary N) is 1. The third kappa shape index (κ3) is 4.97. The summed E-state index contributed by atoms with van der Waals surface area (Å²) < 4.78 is 11.8. The standard InChI is InChI=1S/C10H15N5O9S/c11-6(9(19)12-1-8(17)18)2-25(24)3-7(16)13-4-10(5-13,14(20)21)15(22)23/h6H,1-5,11H2,(H,12,19)(H,17,18)/t6-,25?/m0/s1. The lowest BCUT2D eigenvalue weighted by Gasteiger charge is -2.35. The molecule has 25 heavy (non-hydrogen) atoms. The molecule has 1 aliphatic rings. The molecule has 1 unspecified atom stereocenters. The molecule has 2 amide bonds. The molecule has 0 aromatic rings. The van der Waals surface area contributed by atoms with Crippen molar-refractivity contribution < 1.29 is 33.9 Å². The predicted octanol–water partition coefficient (Wildman–Crippen LogP) is -3.64. The van der Waals surface area contributed by atoms with Gasteiger partial charge in [-0.1, -0.05) is 0 Å². The Morgan fingerprint density at radius 2 is 1.80 bits per heavy atom. The highest BCUT2D eigenvalue weighted by atomic mass is 32.2. The average Bonchev–Trinajstić information content (AvgIpc) is 2.42. The summed E-state index contributed by atoms with van der Waals surface area (Å²) in [5.74, 6) is -4.04. The number of carbonyl (C=O) groups excluding carboxylic acids is 2. The summed E-state index contributed by atoms with van der Waals surface area (Å²) in [6.45, 7) is -2.15. The van der Waals surface area contributed by atoms with E-state index in [9.17, 15) is 39.2 Å². The van der Waals surface area contributed by atoms with Crippen molar-refractivity contribution in [1.29, 1.82) is 0 Å². The van der Waals surface area contributed by atoms with E-state index in [-0.39, 0.29) is 0 Å². The largest absolute Gasteiger partial charge is 0.616 e. The van der Waals surface area contributed by atoms with E-state index in [1.54, 1.807) is 0 Å². The van der Waals surface area contributed by atoms with Gasteiger partial charge in [0.05, 0.1) is 0 Å². The van der Waals surface area contributed by atoms with Crippen molar-refractivity contribution >= 4 is 29.0 Å². The minimum Gasteiger partial charge on any atom is -0.616 e. The SMILES string of the molecule is N[C@@H](C[S+]([O-])CC(=O)N1CC([N+](=O)[O-])([N+](=O)[O-])C1)C(=O)NCC(=O)O. The Morgan fingerprint density at radius 1 is 1.28 bits per heavy atom. The van der Waals surface area contributed by atoms with E-state index in [0.717, 1.165) is 4.90 Å². The number of carboxylic acid groups (broad SMARTS) is 1. The van der Waals surface area contributed by atoms with Crippen LogP contribution in [-0.2, 0) is 25.6 Å². The van der Waals surface area contributed by atoms with Gasteiger partial charge in [0.15, 0.2) is 18.8 Å². The van der Waals surface area contributed by atoms with E-state index in [4.69, 9.17) is 10.8 Å². The fraction of sp³-hybridized carbons (Fsp3) is 0.700. The Morgan fingerprint density at radius 3 is 2.24 bits per heavy atom. The van der Waals surface area contributed by atoms with E-state index in [2.05, 4.69) is 0 Å². The van der Waals surface area contributed by atoms with E-state index >= 15 is 0 Å². The second-order valence-corrected chi connectivity index (χ2v) is 6.72. The molecule has 1 fully saturated rings. The monoisotopic (exact) mass is 381 g/mol. The van der Waals surface area contributed by atoms with Crippen LogP contribution in [0, 0.1) is 20.2 Å². The van der Waals surface area contributed by atoms with Crippen LogP contribution in [-0.4, -0.2) is 85.0 Å². The summed E-state index contributed by atoms with van der Waals surface area (Å²) in [4.78, 5) is 53.6. The number of nitrogens with one attached hydrogen (secondary N) is 1. The third-order valence-electron chi connectivity index (χ3n) is 3.32. The van der Waals surface area contributed by atoms with Crippen LogP contribution in [0.3, 0.4) is 0 Å². The van der Waals surface area contributed by atoms with Gasteiger partial charge in [-0.15, -0.1) is 0 Å². The van der Waals surface area contributed by atoms with Gasteiger partial charge in [0.1, 0.15) is 28.2 Å². The van der Waals surface area contributed by atoms with Crippen LogP contribution >= 0.6 is 0 Å². The number of carbonyl (C=O) groups is 3. The van der Waals surface area contributed by atoms with Crippen LogP contribution in [0.4, 0.5) is 0 Å². The third-order valence-corrected chi connectivity index (χ3v) is 4.62. The number of carboxylic acids is 1. The molecular weight excluding hydrogens is 366 g/mol. The zero-order chi connectivity index (χ0) is 19.4. The van der Waals surface area contributed by atoms with E-state index in [0.29, 0.717) is 0 Å². The number of nitrogens with zero attached hydrogens (tertiary/aromatic N) is 3. The molecule has 1 rings (SSSR count). The summed E-state index contributed by atoms with van der Waals surface area (Å²) in [6.07, 6.45) is 0. The lowest BCUT2D eigenvalue weighted by Crippen LogP contribution is -2.71. The average molecular weight is 381 g/mol. The maximum absolute atomic E-state index is 11.8. The fourth-order valence-electron chi connectivity index (χ4n) is 1.90. The second-order valence-electron chi connectivity index (χ2n) is 5.22. The zero-order valence-corrected chi connectivity index (χ0v) is 13.5. The van der Waals surface area contributed by atoms with E-state index in [1.165, 1.54) is 0 Å². The minimum absolute atomic E-state index is 0.444. The van der Waals surface area contributed by atoms with Gasteiger partial charge in [-0.05, 0) is 11.2 Å².